The summed E-state index contributed by atoms with van der Waals surface area (Å²) in [6.45, 7) is 4.02. The average molecular weight is 207 g/mol. The van der Waals surface area contributed by atoms with Crippen LogP contribution >= 0.6 is 11.8 Å². The largest absolute Gasteiger partial charge is 0.322 e. The van der Waals surface area contributed by atoms with Gasteiger partial charge in [0, 0.05) is 12.7 Å². The van der Waals surface area contributed by atoms with E-state index in [1.807, 2.05) is 27.2 Å². The summed E-state index contributed by atoms with van der Waals surface area (Å²) in [6.07, 6.45) is 2.04. The van der Waals surface area contributed by atoms with Crippen LogP contribution in [0, 0.1) is 13.8 Å². The van der Waals surface area contributed by atoms with E-state index in [9.17, 15) is 0 Å². The Labute approximate surface area is 87.6 Å². The number of hydrogen-bond acceptors (Lipinski definition) is 3. The second-order valence-electron chi connectivity index (χ2n) is 3.37. The number of pyridine rings is 1. The van der Waals surface area contributed by atoms with E-state index in [0.717, 1.165) is 22.1 Å². The van der Waals surface area contributed by atoms with Crippen LogP contribution in [0.4, 0.5) is 0 Å². The molecule has 0 aliphatic rings. The molecule has 74 valence electrons. The molecule has 0 saturated heterocycles. The summed E-state index contributed by atoms with van der Waals surface area (Å²) in [6, 6.07) is 2.08. The lowest BCUT2D eigenvalue weighted by atomic mass is 10.3. The molecule has 0 N–H and O–H groups in total. The zero-order valence-corrected chi connectivity index (χ0v) is 9.64. The number of nitrogens with zero attached hydrogens (tertiary/aromatic N) is 3. The van der Waals surface area contributed by atoms with Crippen molar-refractivity contribution in [1.82, 2.24) is 14.5 Å². The third kappa shape index (κ3) is 1.30. The third-order valence-electron chi connectivity index (χ3n) is 2.31. The number of imidazole rings is 1. The van der Waals surface area contributed by atoms with E-state index in [0.29, 0.717) is 0 Å². The second kappa shape index (κ2) is 3.28. The van der Waals surface area contributed by atoms with E-state index < -0.39 is 0 Å². The van der Waals surface area contributed by atoms with E-state index in [-0.39, 0.29) is 0 Å². The van der Waals surface area contributed by atoms with Gasteiger partial charge in [0.05, 0.1) is 11.2 Å². The molecule has 0 aliphatic heterocycles. The highest BCUT2D eigenvalue weighted by atomic mass is 32.2. The second-order valence-corrected chi connectivity index (χ2v) is 4.15. The van der Waals surface area contributed by atoms with Crippen LogP contribution in [-0.4, -0.2) is 20.8 Å². The maximum atomic E-state index is 4.53. The molecule has 0 saturated carbocycles. The van der Waals surface area contributed by atoms with Gasteiger partial charge in [-0.25, -0.2) is 4.98 Å². The SMILES string of the molecule is CSc1nc2c(C)nc(C)cc2n1C. The Morgan fingerprint density at radius 1 is 1.29 bits per heavy atom. The van der Waals surface area contributed by atoms with Crippen LogP contribution in [-0.2, 0) is 7.05 Å². The van der Waals surface area contributed by atoms with Crippen molar-refractivity contribution in [3.05, 3.63) is 17.5 Å². The fourth-order valence-electron chi connectivity index (χ4n) is 1.65. The van der Waals surface area contributed by atoms with Gasteiger partial charge in [-0.3, -0.25) is 4.98 Å². The minimum absolute atomic E-state index is 1.01. The lowest BCUT2D eigenvalue weighted by Gasteiger charge is -1.99. The zero-order valence-electron chi connectivity index (χ0n) is 8.83. The predicted octanol–water partition coefficient (Wildman–Crippen LogP) is 2.31. The van der Waals surface area contributed by atoms with Crippen LogP contribution < -0.4 is 0 Å². The van der Waals surface area contributed by atoms with E-state index >= 15 is 0 Å². The van der Waals surface area contributed by atoms with Crippen molar-refractivity contribution in [1.29, 1.82) is 0 Å². The zero-order chi connectivity index (χ0) is 10.3. The molecule has 2 aromatic rings. The topological polar surface area (TPSA) is 30.7 Å². The summed E-state index contributed by atoms with van der Waals surface area (Å²) in [5, 5.41) is 1.04. The van der Waals surface area contributed by atoms with Crippen molar-refractivity contribution >= 4 is 22.8 Å². The molecule has 4 heteroatoms. The van der Waals surface area contributed by atoms with Gasteiger partial charge in [-0.15, -0.1) is 0 Å². The molecule has 2 aromatic heterocycles. The average Bonchev–Trinajstić information content (AvgIpc) is 2.44. The van der Waals surface area contributed by atoms with Gasteiger partial charge in [0.2, 0.25) is 0 Å². The minimum Gasteiger partial charge on any atom is -0.322 e. The van der Waals surface area contributed by atoms with Crippen molar-refractivity contribution in [3.8, 4) is 0 Å². The number of fused-ring (bicyclic) bond motifs is 1. The number of rotatable bonds is 1. The van der Waals surface area contributed by atoms with Gasteiger partial charge in [0.25, 0.3) is 0 Å². The molecule has 0 amide bonds. The van der Waals surface area contributed by atoms with Gasteiger partial charge in [-0.05, 0) is 26.2 Å². The molecule has 0 atom stereocenters. The molecule has 0 radical (unpaired) electrons. The Morgan fingerprint density at radius 3 is 2.64 bits per heavy atom. The summed E-state index contributed by atoms with van der Waals surface area (Å²) < 4.78 is 2.11. The first-order valence-corrected chi connectivity index (χ1v) is 5.70. The van der Waals surface area contributed by atoms with Crippen LogP contribution in [0.5, 0.6) is 0 Å². The molecule has 0 aromatic carbocycles. The molecule has 0 aliphatic carbocycles. The number of thioether (sulfide) groups is 1. The Bertz CT molecular complexity index is 488. The Balaban J connectivity index is 2.85. The van der Waals surface area contributed by atoms with Crippen LogP contribution in [0.3, 0.4) is 0 Å². The molecule has 14 heavy (non-hydrogen) atoms. The summed E-state index contributed by atoms with van der Waals surface area (Å²) in [4.78, 5) is 8.94. The third-order valence-corrected chi connectivity index (χ3v) is 3.04. The Hall–Kier alpha value is -1.03. The molecule has 0 spiro atoms. The summed E-state index contributed by atoms with van der Waals surface area (Å²) in [5.74, 6) is 0. The van der Waals surface area contributed by atoms with Gasteiger partial charge >= 0.3 is 0 Å². The molecular weight excluding hydrogens is 194 g/mol. The molecule has 0 unspecified atom stereocenters. The quantitative estimate of drug-likeness (QED) is 0.672. The lowest BCUT2D eigenvalue weighted by Crippen LogP contribution is -1.91. The fraction of sp³-hybridized carbons (Fsp3) is 0.400. The standard InChI is InChI=1S/C10H13N3S/c1-6-5-8-9(7(2)11-6)12-10(14-4)13(8)3/h5H,1-4H3. The Kier molecular flexibility index (Phi) is 2.23. The van der Waals surface area contributed by atoms with Crippen LogP contribution in [0.25, 0.3) is 11.0 Å². The highest BCUT2D eigenvalue weighted by Gasteiger charge is 2.09. The van der Waals surface area contributed by atoms with Gasteiger partial charge < -0.3 is 4.57 Å². The van der Waals surface area contributed by atoms with Gasteiger partial charge in [-0.1, -0.05) is 11.8 Å². The smallest absolute Gasteiger partial charge is 0.168 e. The van der Waals surface area contributed by atoms with E-state index in [1.165, 1.54) is 5.52 Å². The predicted molar refractivity (Wildman–Crippen MR) is 59.8 cm³/mol. The maximum Gasteiger partial charge on any atom is 0.168 e. The van der Waals surface area contributed by atoms with Crippen molar-refractivity contribution in [2.24, 2.45) is 7.05 Å². The van der Waals surface area contributed by atoms with Gasteiger partial charge in [0.1, 0.15) is 5.52 Å². The van der Waals surface area contributed by atoms with E-state index in [1.54, 1.807) is 11.8 Å². The first-order chi connectivity index (χ1) is 6.63. The fourth-order valence-corrected chi connectivity index (χ4v) is 2.21. The highest BCUT2D eigenvalue weighted by Crippen LogP contribution is 2.22. The van der Waals surface area contributed by atoms with Crippen molar-refractivity contribution in [2.75, 3.05) is 6.26 Å². The van der Waals surface area contributed by atoms with Crippen LogP contribution in [0.15, 0.2) is 11.2 Å². The number of aryl methyl sites for hydroxylation is 3. The minimum atomic E-state index is 1.01. The lowest BCUT2D eigenvalue weighted by molar-refractivity contribution is 0.816. The summed E-state index contributed by atoms with van der Waals surface area (Å²) in [7, 11) is 2.04. The van der Waals surface area contributed by atoms with Gasteiger partial charge in [0.15, 0.2) is 5.16 Å². The first kappa shape index (κ1) is 9.52. The van der Waals surface area contributed by atoms with E-state index in [4.69, 9.17) is 0 Å². The molecule has 0 fully saturated rings. The van der Waals surface area contributed by atoms with Crippen LogP contribution in [0.1, 0.15) is 11.4 Å². The highest BCUT2D eigenvalue weighted by molar-refractivity contribution is 7.98. The van der Waals surface area contributed by atoms with Crippen molar-refractivity contribution < 1.29 is 0 Å². The van der Waals surface area contributed by atoms with Crippen molar-refractivity contribution in [3.63, 3.8) is 0 Å². The van der Waals surface area contributed by atoms with Crippen molar-refractivity contribution in [2.45, 2.75) is 19.0 Å². The molecular formula is C10H13N3S. The molecule has 2 heterocycles. The first-order valence-electron chi connectivity index (χ1n) is 4.48. The van der Waals surface area contributed by atoms with Crippen LogP contribution in [0.2, 0.25) is 0 Å². The summed E-state index contributed by atoms with van der Waals surface area (Å²) >= 11 is 1.66. The summed E-state index contributed by atoms with van der Waals surface area (Å²) in [5.41, 5.74) is 4.24. The Morgan fingerprint density at radius 2 is 2.00 bits per heavy atom. The normalized spacial score (nSPS) is 11.1. The molecule has 2 rings (SSSR count). The monoisotopic (exact) mass is 207 g/mol. The number of aromatic nitrogens is 3. The number of hydrogen-bond donors (Lipinski definition) is 0. The molecule has 0 bridgehead atoms. The van der Waals surface area contributed by atoms with E-state index in [2.05, 4.69) is 20.6 Å². The van der Waals surface area contributed by atoms with Gasteiger partial charge in [-0.2, -0.15) is 0 Å². The molecule has 3 nitrogen and oxygen atoms in total. The maximum absolute atomic E-state index is 4.53.